The Hall–Kier alpha value is 0.290. The van der Waals surface area contributed by atoms with Crippen LogP contribution < -0.4 is 5.73 Å². The Kier molecular flexibility index (Phi) is 6.06. The Morgan fingerprint density at radius 1 is 1.42 bits per heavy atom. The van der Waals surface area contributed by atoms with Crippen molar-refractivity contribution in [3.05, 3.63) is 34.1 Å². The quantitative estimate of drug-likeness (QED) is 0.872. The van der Waals surface area contributed by atoms with Gasteiger partial charge in [-0.3, -0.25) is 0 Å². The van der Waals surface area contributed by atoms with E-state index >= 15 is 0 Å². The largest absolute Gasteiger partial charge is 0.326 e. The van der Waals surface area contributed by atoms with E-state index < -0.39 is 0 Å². The van der Waals surface area contributed by atoms with Crippen LogP contribution in [0.5, 0.6) is 0 Å². The molecule has 0 bridgehead atoms. The lowest BCUT2D eigenvalue weighted by molar-refractivity contribution is 0.589. The summed E-state index contributed by atoms with van der Waals surface area (Å²) >= 11 is 7.49. The van der Waals surface area contributed by atoms with Crippen LogP contribution in [0, 0.1) is 5.82 Å². The Bertz CT molecular complexity index is 430. The van der Waals surface area contributed by atoms with E-state index in [4.69, 9.17) is 5.73 Å². The maximum atomic E-state index is 13.3. The molecule has 106 valence electrons. The van der Waals surface area contributed by atoms with Gasteiger partial charge in [0.25, 0.3) is 0 Å². The van der Waals surface area contributed by atoms with Gasteiger partial charge in [-0.25, -0.2) is 4.39 Å². The van der Waals surface area contributed by atoms with Crippen molar-refractivity contribution < 1.29 is 4.39 Å². The zero-order chi connectivity index (χ0) is 13.8. The van der Waals surface area contributed by atoms with Crippen LogP contribution in [-0.4, -0.2) is 28.0 Å². The fourth-order valence-electron chi connectivity index (χ4n) is 2.41. The minimum atomic E-state index is -0.192. The molecule has 1 aromatic carbocycles. The van der Waals surface area contributed by atoms with E-state index in [1.54, 1.807) is 12.1 Å². The van der Waals surface area contributed by atoms with Gasteiger partial charge >= 0.3 is 0 Å². The molecular formula is C14H19BrFNS2. The summed E-state index contributed by atoms with van der Waals surface area (Å²) in [5.41, 5.74) is 7.36. The molecule has 0 spiro atoms. The summed E-state index contributed by atoms with van der Waals surface area (Å²) in [6.45, 7) is 2.22. The number of nitrogens with two attached hydrogens (primary N) is 1. The average Bonchev–Trinajstić information content (AvgIpc) is 2.42. The molecule has 0 saturated carbocycles. The lowest BCUT2D eigenvalue weighted by Crippen LogP contribution is -2.43. The van der Waals surface area contributed by atoms with E-state index in [1.807, 2.05) is 23.5 Å². The van der Waals surface area contributed by atoms with Gasteiger partial charge in [-0.2, -0.15) is 23.5 Å². The monoisotopic (exact) mass is 363 g/mol. The topological polar surface area (TPSA) is 26.0 Å². The maximum absolute atomic E-state index is 13.3. The van der Waals surface area contributed by atoms with Crippen molar-refractivity contribution in [1.29, 1.82) is 0 Å². The number of hydrogen-bond donors (Lipinski definition) is 1. The molecule has 0 aromatic heterocycles. The van der Waals surface area contributed by atoms with Gasteiger partial charge in [0.15, 0.2) is 0 Å². The molecule has 0 radical (unpaired) electrons. The normalized spacial score (nSPS) is 25.3. The summed E-state index contributed by atoms with van der Waals surface area (Å²) in [6, 6.07) is 4.91. The molecule has 1 fully saturated rings. The van der Waals surface area contributed by atoms with Gasteiger partial charge in [-0.05, 0) is 36.6 Å². The third kappa shape index (κ3) is 4.13. The Morgan fingerprint density at radius 2 is 2.16 bits per heavy atom. The predicted molar refractivity (Wildman–Crippen MR) is 88.6 cm³/mol. The molecule has 5 heteroatoms. The third-order valence-corrected chi connectivity index (χ3v) is 7.58. The summed E-state index contributed by atoms with van der Waals surface area (Å²) < 4.78 is 14.3. The number of hydrogen-bond acceptors (Lipinski definition) is 3. The Morgan fingerprint density at radius 3 is 2.89 bits per heavy atom. The van der Waals surface area contributed by atoms with Gasteiger partial charge < -0.3 is 5.73 Å². The number of rotatable bonds is 4. The second-order valence-electron chi connectivity index (χ2n) is 4.76. The van der Waals surface area contributed by atoms with E-state index in [0.29, 0.717) is 10.5 Å². The molecule has 0 aliphatic carbocycles. The van der Waals surface area contributed by atoms with Gasteiger partial charge in [0.2, 0.25) is 0 Å². The smallest absolute Gasteiger partial charge is 0.123 e. The van der Waals surface area contributed by atoms with Gasteiger partial charge in [0.05, 0.1) is 0 Å². The van der Waals surface area contributed by atoms with Crippen LogP contribution in [0.2, 0.25) is 0 Å². The molecule has 19 heavy (non-hydrogen) atoms. The first-order valence-corrected chi connectivity index (χ1v) is 9.43. The van der Waals surface area contributed by atoms with Crippen LogP contribution in [0.3, 0.4) is 0 Å². The number of thioether (sulfide) groups is 2. The van der Waals surface area contributed by atoms with Gasteiger partial charge in [-0.15, -0.1) is 0 Å². The highest BCUT2D eigenvalue weighted by Gasteiger charge is 2.30. The van der Waals surface area contributed by atoms with E-state index in [-0.39, 0.29) is 11.9 Å². The Labute approximate surface area is 131 Å². The molecular weight excluding hydrogens is 345 g/mol. The number of benzene rings is 1. The zero-order valence-electron chi connectivity index (χ0n) is 10.9. The van der Waals surface area contributed by atoms with Crippen molar-refractivity contribution in [2.45, 2.75) is 36.3 Å². The standard InChI is InChI=1S/C14H19BrFNS2/c1-2-13-14(19-6-5-18-13)12(17)8-9-7-10(16)3-4-11(9)15/h3-4,7,12-14H,2,5-6,8,17H2,1H3. The molecule has 1 aliphatic rings. The SMILES string of the molecule is CCC1SCCSC1C(N)Cc1cc(F)ccc1Br. The molecule has 1 aliphatic heterocycles. The van der Waals surface area contributed by atoms with Crippen molar-refractivity contribution in [2.24, 2.45) is 5.73 Å². The van der Waals surface area contributed by atoms with Crippen molar-refractivity contribution >= 4 is 39.5 Å². The molecule has 1 nitrogen and oxygen atoms in total. The summed E-state index contributed by atoms with van der Waals surface area (Å²) in [5, 5.41) is 1.10. The zero-order valence-corrected chi connectivity index (χ0v) is 14.2. The molecule has 3 unspecified atom stereocenters. The fourth-order valence-corrected chi connectivity index (χ4v) is 6.01. The van der Waals surface area contributed by atoms with Crippen LogP contribution in [0.1, 0.15) is 18.9 Å². The fraction of sp³-hybridized carbons (Fsp3) is 0.571. The second kappa shape index (κ2) is 7.34. The van der Waals surface area contributed by atoms with Crippen molar-refractivity contribution in [1.82, 2.24) is 0 Å². The Balaban J connectivity index is 2.06. The molecule has 3 atom stereocenters. The molecule has 2 rings (SSSR count). The summed E-state index contributed by atoms with van der Waals surface area (Å²) in [7, 11) is 0. The minimum Gasteiger partial charge on any atom is -0.326 e. The van der Waals surface area contributed by atoms with Gasteiger partial charge in [0.1, 0.15) is 5.82 Å². The predicted octanol–water partition coefficient (Wildman–Crippen LogP) is 4.09. The van der Waals surface area contributed by atoms with E-state index in [1.165, 1.54) is 17.6 Å². The summed E-state index contributed by atoms with van der Waals surface area (Å²) in [5.74, 6) is 2.20. The molecule has 1 saturated heterocycles. The van der Waals surface area contributed by atoms with E-state index in [2.05, 4.69) is 22.9 Å². The van der Waals surface area contributed by atoms with Crippen LogP contribution in [0.4, 0.5) is 4.39 Å². The lowest BCUT2D eigenvalue weighted by Gasteiger charge is -2.34. The maximum Gasteiger partial charge on any atom is 0.123 e. The highest BCUT2D eigenvalue weighted by Crippen LogP contribution is 2.35. The van der Waals surface area contributed by atoms with Crippen LogP contribution in [-0.2, 0) is 6.42 Å². The number of halogens is 2. The first kappa shape index (κ1) is 15.7. The molecule has 1 heterocycles. The summed E-state index contributed by atoms with van der Waals surface area (Å²) in [6.07, 6.45) is 1.88. The van der Waals surface area contributed by atoms with Gasteiger partial charge in [0, 0.05) is 32.5 Å². The molecule has 0 amide bonds. The first-order chi connectivity index (χ1) is 9.11. The van der Waals surface area contributed by atoms with Crippen LogP contribution >= 0.6 is 39.5 Å². The average molecular weight is 364 g/mol. The lowest BCUT2D eigenvalue weighted by atomic mass is 10.0. The van der Waals surface area contributed by atoms with Gasteiger partial charge in [-0.1, -0.05) is 22.9 Å². The van der Waals surface area contributed by atoms with Crippen molar-refractivity contribution in [3.8, 4) is 0 Å². The van der Waals surface area contributed by atoms with Crippen molar-refractivity contribution in [3.63, 3.8) is 0 Å². The van der Waals surface area contributed by atoms with E-state index in [9.17, 15) is 4.39 Å². The third-order valence-electron chi connectivity index (χ3n) is 3.38. The van der Waals surface area contributed by atoms with E-state index in [0.717, 1.165) is 22.9 Å². The molecule has 2 N–H and O–H groups in total. The van der Waals surface area contributed by atoms with Crippen molar-refractivity contribution in [2.75, 3.05) is 11.5 Å². The second-order valence-corrected chi connectivity index (χ2v) is 8.24. The minimum absolute atomic E-state index is 0.0841. The summed E-state index contributed by atoms with van der Waals surface area (Å²) in [4.78, 5) is 0. The van der Waals surface area contributed by atoms with Crippen LogP contribution in [0.15, 0.2) is 22.7 Å². The highest BCUT2D eigenvalue weighted by molar-refractivity contribution is 9.10. The highest BCUT2D eigenvalue weighted by atomic mass is 79.9. The first-order valence-electron chi connectivity index (χ1n) is 6.54. The molecule has 1 aromatic rings. The van der Waals surface area contributed by atoms with Crippen LogP contribution in [0.25, 0.3) is 0 Å².